The number of nitrogens with zero attached hydrogens (tertiary/aromatic N) is 7. The van der Waals surface area contributed by atoms with Crippen molar-refractivity contribution in [3.63, 3.8) is 0 Å². The van der Waals surface area contributed by atoms with Crippen LogP contribution in [0.4, 0.5) is 5.82 Å². The molecule has 0 aliphatic carbocycles. The fraction of sp³-hybridized carbons (Fsp3) is 0.409. The molecule has 1 N–H and O–H groups in total. The molecule has 4 aromatic rings. The Labute approximate surface area is 180 Å². The molecule has 9 nitrogen and oxygen atoms in total. The number of para-hydroxylation sites is 2. The van der Waals surface area contributed by atoms with Crippen molar-refractivity contribution in [1.82, 2.24) is 34.6 Å². The topological polar surface area (TPSA) is 93.8 Å². The largest absolute Gasteiger partial charge is 0.356 e. The SMILES string of the molecule is O=C(Cn1cnc2ccccc21)NCCn1ncc2c(N3CCCCCC3)ncnc21. The predicted octanol–water partition coefficient (Wildman–Crippen LogP) is 2.37. The van der Waals surface area contributed by atoms with Crippen molar-refractivity contribution >= 4 is 33.8 Å². The summed E-state index contributed by atoms with van der Waals surface area (Å²) in [4.78, 5) is 28.1. The van der Waals surface area contributed by atoms with Gasteiger partial charge in [-0.25, -0.2) is 19.6 Å². The first kappa shape index (κ1) is 19.5. The molecule has 1 aromatic carbocycles. The van der Waals surface area contributed by atoms with Crippen LogP contribution < -0.4 is 10.2 Å². The van der Waals surface area contributed by atoms with E-state index in [2.05, 4.69) is 30.3 Å². The Morgan fingerprint density at radius 2 is 1.87 bits per heavy atom. The Hall–Kier alpha value is -3.49. The third kappa shape index (κ3) is 4.08. The Bertz CT molecular complexity index is 1190. The quantitative estimate of drug-likeness (QED) is 0.517. The lowest BCUT2D eigenvalue weighted by molar-refractivity contribution is -0.121. The summed E-state index contributed by atoms with van der Waals surface area (Å²) in [5.41, 5.74) is 2.65. The van der Waals surface area contributed by atoms with Crippen LogP contribution in [0.3, 0.4) is 0 Å². The van der Waals surface area contributed by atoms with Crippen molar-refractivity contribution in [2.45, 2.75) is 38.8 Å². The zero-order valence-electron chi connectivity index (χ0n) is 17.4. The standard InChI is InChI=1S/C22H26N8O/c31-20(14-29-16-26-18-7-3-4-8-19(18)29)23-9-12-30-22-17(13-27-30)21(24-15-25-22)28-10-5-1-2-6-11-28/h3-4,7-8,13,15-16H,1-2,5-6,9-12,14H2,(H,23,31). The van der Waals surface area contributed by atoms with Crippen LogP contribution in [0.5, 0.6) is 0 Å². The first-order valence-corrected chi connectivity index (χ1v) is 10.9. The van der Waals surface area contributed by atoms with Crippen molar-refractivity contribution in [2.75, 3.05) is 24.5 Å². The van der Waals surface area contributed by atoms with E-state index in [4.69, 9.17) is 0 Å². The third-order valence-corrected chi connectivity index (χ3v) is 5.81. The molecule has 0 atom stereocenters. The van der Waals surface area contributed by atoms with Gasteiger partial charge in [0.15, 0.2) is 5.65 Å². The number of aromatic nitrogens is 6. The Morgan fingerprint density at radius 3 is 2.74 bits per heavy atom. The summed E-state index contributed by atoms with van der Waals surface area (Å²) in [6.07, 6.45) is 10.1. The molecule has 1 saturated heterocycles. The smallest absolute Gasteiger partial charge is 0.240 e. The van der Waals surface area contributed by atoms with Crippen molar-refractivity contribution in [2.24, 2.45) is 0 Å². The maximum Gasteiger partial charge on any atom is 0.240 e. The van der Waals surface area contributed by atoms with Crippen LogP contribution >= 0.6 is 0 Å². The second-order valence-electron chi connectivity index (χ2n) is 7.91. The number of imidazole rings is 1. The summed E-state index contributed by atoms with van der Waals surface area (Å²) in [6.45, 7) is 3.32. The molecule has 0 radical (unpaired) electrons. The number of carbonyl (C=O) groups is 1. The normalized spacial score (nSPS) is 14.8. The average Bonchev–Trinajstić information content (AvgIpc) is 3.28. The van der Waals surface area contributed by atoms with Crippen molar-refractivity contribution in [3.05, 3.63) is 43.1 Å². The van der Waals surface area contributed by atoms with Gasteiger partial charge in [0.2, 0.25) is 5.91 Å². The summed E-state index contributed by atoms with van der Waals surface area (Å²) in [7, 11) is 0. The van der Waals surface area contributed by atoms with Crippen LogP contribution in [0.2, 0.25) is 0 Å². The van der Waals surface area contributed by atoms with Gasteiger partial charge in [-0.15, -0.1) is 0 Å². The summed E-state index contributed by atoms with van der Waals surface area (Å²) in [5, 5.41) is 8.45. The zero-order valence-corrected chi connectivity index (χ0v) is 17.4. The molecule has 1 aliphatic rings. The van der Waals surface area contributed by atoms with E-state index in [1.165, 1.54) is 25.7 Å². The molecule has 0 spiro atoms. The monoisotopic (exact) mass is 418 g/mol. The van der Waals surface area contributed by atoms with Gasteiger partial charge in [-0.1, -0.05) is 25.0 Å². The Morgan fingerprint density at radius 1 is 1.03 bits per heavy atom. The van der Waals surface area contributed by atoms with Crippen LogP contribution in [0.1, 0.15) is 25.7 Å². The molecule has 0 unspecified atom stereocenters. The maximum atomic E-state index is 12.4. The highest BCUT2D eigenvalue weighted by Crippen LogP contribution is 2.25. The van der Waals surface area contributed by atoms with Gasteiger partial charge < -0.3 is 14.8 Å². The number of hydrogen-bond acceptors (Lipinski definition) is 6. The molecule has 9 heteroatoms. The van der Waals surface area contributed by atoms with E-state index in [-0.39, 0.29) is 12.5 Å². The molecule has 1 amide bonds. The van der Waals surface area contributed by atoms with Crippen LogP contribution in [0, 0.1) is 0 Å². The van der Waals surface area contributed by atoms with Crippen molar-refractivity contribution in [3.8, 4) is 0 Å². The van der Waals surface area contributed by atoms with E-state index < -0.39 is 0 Å². The second-order valence-corrected chi connectivity index (χ2v) is 7.91. The molecule has 1 aliphatic heterocycles. The molecular weight excluding hydrogens is 392 g/mol. The number of anilines is 1. The van der Waals surface area contributed by atoms with Crippen molar-refractivity contribution in [1.29, 1.82) is 0 Å². The van der Waals surface area contributed by atoms with E-state index in [1.807, 2.05) is 39.7 Å². The van der Waals surface area contributed by atoms with Crippen LogP contribution in [0.15, 0.2) is 43.1 Å². The fourth-order valence-corrected chi connectivity index (χ4v) is 4.23. The molecule has 160 valence electrons. The van der Waals surface area contributed by atoms with E-state index >= 15 is 0 Å². The third-order valence-electron chi connectivity index (χ3n) is 5.81. The van der Waals surface area contributed by atoms with Gasteiger partial charge in [-0.3, -0.25) is 4.79 Å². The highest BCUT2D eigenvalue weighted by molar-refractivity contribution is 5.86. The van der Waals surface area contributed by atoms with Crippen LogP contribution in [0.25, 0.3) is 22.1 Å². The molecule has 4 heterocycles. The molecule has 0 bridgehead atoms. The van der Waals surface area contributed by atoms with Gasteiger partial charge in [0.05, 0.1) is 35.5 Å². The van der Waals surface area contributed by atoms with E-state index in [9.17, 15) is 4.79 Å². The number of carbonyl (C=O) groups excluding carboxylic acids is 1. The number of nitrogens with one attached hydrogen (secondary N) is 1. The van der Waals surface area contributed by atoms with E-state index in [1.54, 1.807) is 12.7 Å². The minimum atomic E-state index is -0.0560. The highest BCUT2D eigenvalue weighted by atomic mass is 16.1. The van der Waals surface area contributed by atoms with E-state index in [0.717, 1.165) is 41.0 Å². The molecule has 3 aromatic heterocycles. The van der Waals surface area contributed by atoms with Gasteiger partial charge >= 0.3 is 0 Å². The maximum absolute atomic E-state index is 12.4. The number of fused-ring (bicyclic) bond motifs is 2. The number of benzene rings is 1. The van der Waals surface area contributed by atoms with Crippen molar-refractivity contribution < 1.29 is 4.79 Å². The van der Waals surface area contributed by atoms with E-state index in [0.29, 0.717) is 13.1 Å². The second kappa shape index (κ2) is 8.71. The van der Waals surface area contributed by atoms with Gasteiger partial charge in [-0.2, -0.15) is 5.10 Å². The highest BCUT2D eigenvalue weighted by Gasteiger charge is 2.17. The summed E-state index contributed by atoms with van der Waals surface area (Å²) in [5.74, 6) is 0.911. The number of rotatable bonds is 6. The first-order valence-electron chi connectivity index (χ1n) is 10.9. The fourth-order valence-electron chi connectivity index (χ4n) is 4.23. The van der Waals surface area contributed by atoms with Gasteiger partial charge in [0.25, 0.3) is 0 Å². The lowest BCUT2D eigenvalue weighted by atomic mass is 10.2. The van der Waals surface area contributed by atoms with Crippen LogP contribution in [-0.4, -0.2) is 54.8 Å². The molecule has 0 saturated carbocycles. The summed E-state index contributed by atoms with van der Waals surface area (Å²) < 4.78 is 3.69. The zero-order chi connectivity index (χ0) is 21.0. The summed E-state index contributed by atoms with van der Waals surface area (Å²) >= 11 is 0. The number of amides is 1. The molecular formula is C22H26N8O. The minimum Gasteiger partial charge on any atom is -0.356 e. The molecule has 5 rings (SSSR count). The van der Waals surface area contributed by atoms with Crippen LogP contribution in [-0.2, 0) is 17.9 Å². The average molecular weight is 419 g/mol. The lowest BCUT2D eigenvalue weighted by Crippen LogP contribution is -2.30. The summed E-state index contributed by atoms with van der Waals surface area (Å²) in [6, 6.07) is 7.79. The minimum absolute atomic E-state index is 0.0560. The number of hydrogen-bond donors (Lipinski definition) is 1. The van der Waals surface area contributed by atoms with Gasteiger partial charge in [0.1, 0.15) is 18.7 Å². The van der Waals surface area contributed by atoms with Gasteiger partial charge in [0, 0.05) is 19.6 Å². The molecule has 1 fully saturated rings. The molecule has 31 heavy (non-hydrogen) atoms. The predicted molar refractivity (Wildman–Crippen MR) is 119 cm³/mol. The Balaban J connectivity index is 1.23. The van der Waals surface area contributed by atoms with Gasteiger partial charge in [-0.05, 0) is 25.0 Å². The lowest BCUT2D eigenvalue weighted by Gasteiger charge is -2.21. The first-order chi connectivity index (χ1) is 15.3. The Kier molecular flexibility index (Phi) is 5.47.